The van der Waals surface area contributed by atoms with Gasteiger partial charge in [0.2, 0.25) is 5.69 Å². The molecule has 4 aliphatic heterocycles. The number of anilines is 12. The minimum Gasteiger partial charge on any atom is -0.405 e. The summed E-state index contributed by atoms with van der Waals surface area (Å²) < 4.78 is 17.9. The van der Waals surface area contributed by atoms with Crippen molar-refractivity contribution in [1.82, 2.24) is 0 Å². The molecule has 5 heterocycles. The van der Waals surface area contributed by atoms with E-state index < -0.39 is 0 Å². The summed E-state index contributed by atoms with van der Waals surface area (Å²) in [7, 11) is 0. The first-order valence-electron chi connectivity index (χ1n) is 27.6. The highest BCUT2D eigenvalue weighted by Crippen LogP contribution is 2.52. The van der Waals surface area contributed by atoms with Gasteiger partial charge in [0.05, 0.1) is 22.7 Å². The summed E-state index contributed by atoms with van der Waals surface area (Å²) in [6, 6.07) is 104. The lowest BCUT2D eigenvalue weighted by Crippen LogP contribution is -2.58. The molecular formula is C71H48B2N5O2S2+. The molecule has 16 rings (SSSR count). The molecule has 386 valence electrons. The number of aromatic nitrogens is 1. The number of hydrogen-bond donors (Lipinski definition) is 0. The van der Waals surface area contributed by atoms with Crippen LogP contribution in [0.15, 0.2) is 301 Å². The molecular weight excluding hydrogens is 1040 g/mol. The summed E-state index contributed by atoms with van der Waals surface area (Å²) >= 11 is 3.76. The van der Waals surface area contributed by atoms with Crippen LogP contribution >= 0.6 is 23.2 Å². The van der Waals surface area contributed by atoms with Crippen LogP contribution in [-0.2, 0) is 0 Å². The molecule has 11 aromatic carbocycles. The van der Waals surface area contributed by atoms with Gasteiger partial charge in [0.25, 0.3) is 12.0 Å². The second kappa shape index (κ2) is 20.1. The lowest BCUT2D eigenvalue weighted by molar-refractivity contribution is -0.605. The highest BCUT2D eigenvalue weighted by atomic mass is 32.2. The average molecular weight is 1090 g/mol. The van der Waals surface area contributed by atoms with E-state index in [1.165, 1.54) is 0 Å². The first-order valence-corrected chi connectivity index (χ1v) is 29.4. The molecule has 0 radical (unpaired) electrons. The molecule has 0 aliphatic carbocycles. The first-order chi connectivity index (χ1) is 40.7. The Hall–Kier alpha value is -9.80. The second-order valence-electron chi connectivity index (χ2n) is 20.6. The van der Waals surface area contributed by atoms with E-state index in [0.717, 1.165) is 117 Å². The number of rotatable bonds is 9. The third kappa shape index (κ3) is 8.06. The van der Waals surface area contributed by atoms with Crippen molar-refractivity contribution in [1.29, 1.82) is 0 Å². The fraction of sp³-hybridized carbons (Fsp3) is 0. The standard InChI is InChI=1S/C71H48B2N5O2S2/c1-8-26-49(27-9-1)74(50-28-10-2-11-29-50)56-44-62-68-64(46-56)79-70-58(72(68)81-66-42-24-22-40-60(66)76(62)53-34-16-5-17-35-53)48-59-71(78(70)55-38-20-7-21-39-55)80-65-47-57(75(51-30-12-3-13-31-51)52-32-14-4-15-33-52)45-63-69(65)73(59)82-67-43-25-23-41-61(67)77(63)54-36-18-6-19-37-54/h1-48H/q+1. The Balaban J connectivity index is 0.986. The zero-order valence-electron chi connectivity index (χ0n) is 44.2. The number of benzene rings is 11. The molecule has 12 aromatic rings. The molecule has 82 heavy (non-hydrogen) atoms. The lowest BCUT2D eigenvalue weighted by atomic mass is 9.55. The quantitative estimate of drug-likeness (QED) is 0.105. The van der Waals surface area contributed by atoms with Crippen LogP contribution in [0.1, 0.15) is 0 Å². The molecule has 11 heteroatoms. The number of ether oxygens (including phenoxy) is 2. The van der Waals surface area contributed by atoms with Gasteiger partial charge < -0.3 is 29.1 Å². The van der Waals surface area contributed by atoms with Crippen LogP contribution in [0.4, 0.5) is 68.2 Å². The summed E-state index contributed by atoms with van der Waals surface area (Å²) in [6.45, 7) is 0. The fourth-order valence-corrected chi connectivity index (χ4v) is 14.9. The maximum Gasteiger partial charge on any atom is 0.377 e. The number of para-hydroxylation sites is 9. The third-order valence-electron chi connectivity index (χ3n) is 15.7. The van der Waals surface area contributed by atoms with Crippen molar-refractivity contribution < 1.29 is 14.0 Å². The monoisotopic (exact) mass is 1090 g/mol. The van der Waals surface area contributed by atoms with Gasteiger partial charge in [-0.3, -0.25) is 0 Å². The van der Waals surface area contributed by atoms with Crippen molar-refractivity contribution >= 4 is 125 Å². The van der Waals surface area contributed by atoms with E-state index in [0.29, 0.717) is 11.8 Å². The summed E-state index contributed by atoms with van der Waals surface area (Å²) in [5, 5.41) is 0. The van der Waals surface area contributed by atoms with Crippen molar-refractivity contribution in [2.75, 3.05) is 19.6 Å². The molecule has 0 atom stereocenters. The smallest absolute Gasteiger partial charge is 0.377 e. The van der Waals surface area contributed by atoms with Crippen LogP contribution in [0.2, 0.25) is 0 Å². The third-order valence-corrected chi connectivity index (χ3v) is 18.4. The van der Waals surface area contributed by atoms with Crippen LogP contribution in [0, 0.1) is 0 Å². The molecule has 0 saturated carbocycles. The summed E-state index contributed by atoms with van der Waals surface area (Å²) in [5.41, 5.74) is 17.7. The number of pyridine rings is 1. The number of nitrogens with zero attached hydrogens (tertiary/aromatic N) is 5. The predicted octanol–water partition coefficient (Wildman–Crippen LogP) is 16.5. The Kier molecular flexibility index (Phi) is 11.8. The topological polar surface area (TPSA) is 35.3 Å². The van der Waals surface area contributed by atoms with E-state index >= 15 is 0 Å². The van der Waals surface area contributed by atoms with E-state index in [9.17, 15) is 0 Å². The highest BCUT2D eigenvalue weighted by molar-refractivity contribution is 8.28. The van der Waals surface area contributed by atoms with Crippen molar-refractivity contribution in [3.05, 3.63) is 291 Å². The first kappa shape index (κ1) is 48.1. The van der Waals surface area contributed by atoms with Crippen LogP contribution in [0.3, 0.4) is 0 Å². The van der Waals surface area contributed by atoms with Gasteiger partial charge in [-0.15, -0.1) is 0 Å². The normalized spacial score (nSPS) is 13.1. The van der Waals surface area contributed by atoms with Crippen molar-refractivity contribution in [3.63, 3.8) is 0 Å². The number of hydrogen-bond acceptors (Lipinski definition) is 8. The van der Waals surface area contributed by atoms with Gasteiger partial charge in [-0.1, -0.05) is 162 Å². The van der Waals surface area contributed by atoms with Crippen molar-refractivity contribution in [2.24, 2.45) is 0 Å². The van der Waals surface area contributed by atoms with E-state index in [2.05, 4.69) is 315 Å². The Morgan fingerprint density at radius 1 is 0.317 bits per heavy atom. The van der Waals surface area contributed by atoms with E-state index in [-0.39, 0.29) is 12.0 Å². The molecule has 0 unspecified atom stereocenters. The van der Waals surface area contributed by atoms with Crippen LogP contribution in [0.25, 0.3) is 5.69 Å². The van der Waals surface area contributed by atoms with E-state index in [1.807, 2.05) is 23.2 Å². The van der Waals surface area contributed by atoms with E-state index in [1.54, 1.807) is 0 Å². The zero-order valence-corrected chi connectivity index (χ0v) is 45.9. The summed E-state index contributed by atoms with van der Waals surface area (Å²) in [5.74, 6) is 2.50. The molecule has 0 bridgehead atoms. The van der Waals surface area contributed by atoms with Crippen LogP contribution in [-0.4, -0.2) is 12.0 Å². The second-order valence-corrected chi connectivity index (χ2v) is 22.9. The molecule has 7 nitrogen and oxygen atoms in total. The van der Waals surface area contributed by atoms with Gasteiger partial charge in [-0.05, 0) is 109 Å². The Labute approximate surface area is 485 Å². The van der Waals surface area contributed by atoms with Gasteiger partial charge in [-0.25, -0.2) is 0 Å². The largest absolute Gasteiger partial charge is 0.405 e. The van der Waals surface area contributed by atoms with E-state index in [4.69, 9.17) is 9.47 Å². The minimum absolute atomic E-state index is 0.225. The SMILES string of the molecule is c1ccc(N(c2ccccc2)c2cc3c4c(c2)N(c2ccccc2)c2ccccc2SB4c2cc4c([n+](-c5ccccc5)c2O3)Oc2cc(N(c3ccccc3)c3ccccc3)cc3c2B4Sc2ccccc2N3c2ccccc2)cc1. The van der Waals surface area contributed by atoms with Gasteiger partial charge in [0, 0.05) is 101 Å². The predicted molar refractivity (Wildman–Crippen MR) is 341 cm³/mol. The van der Waals surface area contributed by atoms with Crippen LogP contribution in [0.5, 0.6) is 23.3 Å². The van der Waals surface area contributed by atoms with Gasteiger partial charge in [0.1, 0.15) is 11.5 Å². The van der Waals surface area contributed by atoms with Crippen molar-refractivity contribution in [2.45, 2.75) is 9.79 Å². The highest BCUT2D eigenvalue weighted by Gasteiger charge is 2.51. The van der Waals surface area contributed by atoms with Crippen molar-refractivity contribution in [3.8, 4) is 28.9 Å². The van der Waals surface area contributed by atoms with Gasteiger partial charge in [0.15, 0.2) is 0 Å². The molecule has 0 N–H and O–H groups in total. The summed E-state index contributed by atoms with van der Waals surface area (Å²) in [4.78, 5) is 11.9. The van der Waals surface area contributed by atoms with Crippen LogP contribution < -0.4 is 55.5 Å². The molecule has 0 saturated heterocycles. The Morgan fingerprint density at radius 3 is 1.02 bits per heavy atom. The minimum atomic E-state index is -0.225. The Morgan fingerprint density at radius 2 is 0.646 bits per heavy atom. The van der Waals surface area contributed by atoms with Gasteiger partial charge >= 0.3 is 11.8 Å². The Bertz CT molecular complexity index is 4050. The maximum atomic E-state index is 7.80. The summed E-state index contributed by atoms with van der Waals surface area (Å²) in [6.07, 6.45) is 0. The lowest BCUT2D eigenvalue weighted by Gasteiger charge is -2.34. The fourth-order valence-electron chi connectivity index (χ4n) is 12.2. The number of fused-ring (bicyclic) bond motifs is 6. The zero-order chi connectivity index (χ0) is 54.1. The molecule has 1 aromatic heterocycles. The molecule has 0 fully saturated rings. The molecule has 0 amide bonds. The maximum absolute atomic E-state index is 7.80. The average Bonchev–Trinajstić information content (AvgIpc) is 2.30. The molecule has 4 aliphatic rings. The molecule has 0 spiro atoms. The van der Waals surface area contributed by atoms with Gasteiger partial charge in [-0.2, -0.15) is 23.2 Å².